The Balaban J connectivity index is 1.50. The first-order chi connectivity index (χ1) is 14.6. The quantitative estimate of drug-likeness (QED) is 0.597. The molecular formula is C24H24N2O3S. The number of piperidine rings is 1. The van der Waals surface area contributed by atoms with Gasteiger partial charge in [0.25, 0.3) is 5.91 Å². The fourth-order valence-electron chi connectivity index (χ4n) is 3.61. The zero-order chi connectivity index (χ0) is 20.9. The van der Waals surface area contributed by atoms with Gasteiger partial charge in [0.15, 0.2) is 0 Å². The third-order valence-corrected chi connectivity index (χ3v) is 6.33. The number of amides is 2. The zero-order valence-corrected chi connectivity index (χ0v) is 17.7. The van der Waals surface area contributed by atoms with E-state index in [1.54, 1.807) is 7.11 Å². The Bertz CT molecular complexity index is 1050. The summed E-state index contributed by atoms with van der Waals surface area (Å²) < 4.78 is 5.45. The molecule has 1 aromatic heterocycles. The van der Waals surface area contributed by atoms with E-state index in [9.17, 15) is 9.59 Å². The third-order valence-electron chi connectivity index (χ3n) is 5.16. The minimum atomic E-state index is -0.203. The van der Waals surface area contributed by atoms with Crippen LogP contribution in [0, 0.1) is 0 Å². The Hall–Kier alpha value is -3.12. The highest BCUT2D eigenvalue weighted by atomic mass is 32.1. The van der Waals surface area contributed by atoms with Crippen LogP contribution in [0.2, 0.25) is 0 Å². The first-order valence-corrected chi connectivity index (χ1v) is 10.9. The highest BCUT2D eigenvalue weighted by Gasteiger charge is 2.20. The Labute approximate surface area is 180 Å². The summed E-state index contributed by atoms with van der Waals surface area (Å²) in [5, 5.41) is 2.97. The second-order valence-electron chi connectivity index (χ2n) is 7.30. The van der Waals surface area contributed by atoms with Crippen LogP contribution < -0.4 is 10.1 Å². The molecule has 0 unspecified atom stereocenters. The predicted molar refractivity (Wildman–Crippen MR) is 120 cm³/mol. The van der Waals surface area contributed by atoms with Gasteiger partial charge in [-0.05, 0) is 42.2 Å². The summed E-state index contributed by atoms with van der Waals surface area (Å²) >= 11 is 1.41. The Morgan fingerprint density at radius 3 is 2.70 bits per heavy atom. The number of nitrogens with one attached hydrogen (secondary N) is 1. The fraction of sp³-hybridized carbons (Fsp3) is 0.250. The number of methoxy groups -OCH3 is 1. The fourth-order valence-corrected chi connectivity index (χ4v) is 4.64. The van der Waals surface area contributed by atoms with Crippen molar-refractivity contribution >= 4 is 28.8 Å². The Morgan fingerprint density at radius 1 is 1.10 bits per heavy atom. The number of hydrogen-bond donors (Lipinski definition) is 1. The molecule has 0 radical (unpaired) electrons. The Kier molecular flexibility index (Phi) is 6.14. The lowest BCUT2D eigenvalue weighted by atomic mass is 10.1. The lowest BCUT2D eigenvalue weighted by Crippen LogP contribution is -2.34. The number of rotatable bonds is 6. The normalized spacial score (nSPS) is 13.9. The van der Waals surface area contributed by atoms with Crippen LogP contribution >= 0.6 is 11.3 Å². The summed E-state index contributed by atoms with van der Waals surface area (Å²) in [4.78, 5) is 28.4. The molecule has 1 aliphatic rings. The van der Waals surface area contributed by atoms with E-state index in [0.717, 1.165) is 35.4 Å². The maximum absolute atomic E-state index is 12.9. The van der Waals surface area contributed by atoms with Gasteiger partial charge in [-0.25, -0.2) is 0 Å². The summed E-state index contributed by atoms with van der Waals surface area (Å²) in [5.74, 6) is 0.559. The molecule has 1 fully saturated rings. The molecule has 0 bridgehead atoms. The van der Waals surface area contributed by atoms with Crippen LogP contribution in [0.15, 0.2) is 60.7 Å². The van der Waals surface area contributed by atoms with Gasteiger partial charge in [-0.2, -0.15) is 0 Å². The van der Waals surface area contributed by atoms with E-state index in [2.05, 4.69) is 5.32 Å². The standard InChI is InChI=1S/C24H24N2O3S/c1-29-20-15-21(18-9-3-2-4-10-18)30-23(20)24(28)25-19-11-7-8-17(14-19)16-26-13-6-5-12-22(26)27/h2-4,7-11,14-15H,5-6,12-13,16H2,1H3,(H,25,28). The second kappa shape index (κ2) is 9.13. The first kappa shape index (κ1) is 20.2. The number of likely N-dealkylation sites (tertiary alicyclic amines) is 1. The van der Waals surface area contributed by atoms with E-state index >= 15 is 0 Å². The van der Waals surface area contributed by atoms with Crippen LogP contribution in [-0.2, 0) is 11.3 Å². The number of benzene rings is 2. The molecule has 1 N–H and O–H groups in total. The molecule has 1 aliphatic heterocycles. The van der Waals surface area contributed by atoms with Crippen molar-refractivity contribution in [3.05, 3.63) is 71.1 Å². The minimum absolute atomic E-state index is 0.201. The number of carbonyl (C=O) groups excluding carboxylic acids is 2. The smallest absolute Gasteiger partial charge is 0.269 e. The summed E-state index contributed by atoms with van der Waals surface area (Å²) in [6, 6.07) is 19.5. The van der Waals surface area contributed by atoms with Crippen molar-refractivity contribution in [2.24, 2.45) is 0 Å². The van der Waals surface area contributed by atoms with Gasteiger partial charge in [0, 0.05) is 30.1 Å². The van der Waals surface area contributed by atoms with Crippen LogP contribution in [0.3, 0.4) is 0 Å². The van der Waals surface area contributed by atoms with E-state index in [-0.39, 0.29) is 11.8 Å². The van der Waals surface area contributed by atoms with Gasteiger partial charge in [-0.3, -0.25) is 9.59 Å². The van der Waals surface area contributed by atoms with Crippen molar-refractivity contribution in [1.29, 1.82) is 0 Å². The van der Waals surface area contributed by atoms with Gasteiger partial charge < -0.3 is 15.0 Å². The van der Waals surface area contributed by atoms with Crippen molar-refractivity contribution in [2.45, 2.75) is 25.8 Å². The van der Waals surface area contributed by atoms with E-state index in [1.165, 1.54) is 11.3 Å². The molecule has 2 aromatic carbocycles. The molecule has 154 valence electrons. The van der Waals surface area contributed by atoms with Crippen LogP contribution in [0.4, 0.5) is 5.69 Å². The maximum atomic E-state index is 12.9. The van der Waals surface area contributed by atoms with Crippen molar-refractivity contribution in [1.82, 2.24) is 4.90 Å². The predicted octanol–water partition coefficient (Wildman–Crippen LogP) is 5.19. The second-order valence-corrected chi connectivity index (χ2v) is 8.35. The molecule has 30 heavy (non-hydrogen) atoms. The molecule has 4 rings (SSSR count). The highest BCUT2D eigenvalue weighted by molar-refractivity contribution is 7.17. The molecule has 2 amide bonds. The Morgan fingerprint density at radius 2 is 1.93 bits per heavy atom. The monoisotopic (exact) mass is 420 g/mol. The zero-order valence-electron chi connectivity index (χ0n) is 16.9. The lowest BCUT2D eigenvalue weighted by molar-refractivity contribution is -0.133. The number of carbonyl (C=O) groups is 2. The van der Waals surface area contributed by atoms with Gasteiger partial charge >= 0.3 is 0 Å². The molecule has 5 nitrogen and oxygen atoms in total. The third kappa shape index (κ3) is 4.54. The summed E-state index contributed by atoms with van der Waals surface area (Å²) in [6.45, 7) is 1.37. The molecule has 1 saturated heterocycles. The average Bonchev–Trinajstić information content (AvgIpc) is 3.21. The van der Waals surface area contributed by atoms with Crippen molar-refractivity contribution in [2.75, 3.05) is 19.0 Å². The topological polar surface area (TPSA) is 58.6 Å². The summed E-state index contributed by atoms with van der Waals surface area (Å²) in [6.07, 6.45) is 2.64. The molecule has 2 heterocycles. The van der Waals surface area contributed by atoms with E-state index in [4.69, 9.17) is 4.74 Å². The van der Waals surface area contributed by atoms with Crippen molar-refractivity contribution in [3.8, 4) is 16.2 Å². The molecule has 0 atom stereocenters. The van der Waals surface area contributed by atoms with E-state index < -0.39 is 0 Å². The van der Waals surface area contributed by atoms with Crippen molar-refractivity contribution < 1.29 is 14.3 Å². The molecule has 6 heteroatoms. The van der Waals surface area contributed by atoms with E-state index in [1.807, 2.05) is 65.6 Å². The summed E-state index contributed by atoms with van der Waals surface area (Å²) in [7, 11) is 1.57. The highest BCUT2D eigenvalue weighted by Crippen LogP contribution is 2.36. The lowest BCUT2D eigenvalue weighted by Gasteiger charge is -2.26. The molecule has 0 saturated carbocycles. The van der Waals surface area contributed by atoms with Gasteiger partial charge in [-0.1, -0.05) is 42.5 Å². The number of hydrogen-bond acceptors (Lipinski definition) is 4. The van der Waals surface area contributed by atoms with Crippen LogP contribution in [-0.4, -0.2) is 30.4 Å². The van der Waals surface area contributed by atoms with Gasteiger partial charge in [0.2, 0.25) is 5.91 Å². The number of anilines is 1. The SMILES string of the molecule is COc1cc(-c2ccccc2)sc1C(=O)Nc1cccc(CN2CCCCC2=O)c1. The maximum Gasteiger partial charge on any atom is 0.269 e. The molecule has 0 aliphatic carbocycles. The van der Waals surface area contributed by atoms with Crippen LogP contribution in [0.1, 0.15) is 34.5 Å². The van der Waals surface area contributed by atoms with Gasteiger partial charge in [-0.15, -0.1) is 11.3 Å². The van der Waals surface area contributed by atoms with Crippen LogP contribution in [0.5, 0.6) is 5.75 Å². The molecular weight excluding hydrogens is 396 g/mol. The molecule has 0 spiro atoms. The van der Waals surface area contributed by atoms with Gasteiger partial charge in [0.05, 0.1) is 7.11 Å². The number of nitrogens with zero attached hydrogens (tertiary/aromatic N) is 1. The summed E-state index contributed by atoms with van der Waals surface area (Å²) in [5.41, 5.74) is 2.76. The van der Waals surface area contributed by atoms with Crippen LogP contribution in [0.25, 0.3) is 10.4 Å². The minimum Gasteiger partial charge on any atom is -0.495 e. The van der Waals surface area contributed by atoms with Crippen molar-refractivity contribution in [3.63, 3.8) is 0 Å². The van der Waals surface area contributed by atoms with E-state index in [0.29, 0.717) is 29.3 Å². The number of thiophene rings is 1. The largest absolute Gasteiger partial charge is 0.495 e. The average molecular weight is 421 g/mol. The van der Waals surface area contributed by atoms with Gasteiger partial charge in [0.1, 0.15) is 10.6 Å². The molecule has 3 aromatic rings. The number of ether oxygens (including phenoxy) is 1. The first-order valence-electron chi connectivity index (χ1n) is 10.1.